The molecule has 2 rings (SSSR count). The minimum absolute atomic E-state index is 0.00889. The molecule has 0 heterocycles. The third-order valence-corrected chi connectivity index (χ3v) is 3.55. The van der Waals surface area contributed by atoms with Crippen LogP contribution in [-0.2, 0) is 0 Å². The van der Waals surface area contributed by atoms with Crippen molar-refractivity contribution in [3.05, 3.63) is 48.0 Å². The molecular formula is C16H21NO. The average molecular weight is 243 g/mol. The maximum atomic E-state index is 10.2. The minimum atomic E-state index is -0.392. The Hall–Kier alpha value is -1.38. The number of aliphatic hydroxyl groups is 1. The van der Waals surface area contributed by atoms with Crippen LogP contribution in [0.2, 0.25) is 0 Å². The summed E-state index contributed by atoms with van der Waals surface area (Å²) in [6.45, 7) is 4.51. The molecule has 0 amide bonds. The van der Waals surface area contributed by atoms with Gasteiger partial charge in [-0.2, -0.15) is 0 Å². The molecule has 3 N–H and O–H groups in total. The maximum absolute atomic E-state index is 10.2. The van der Waals surface area contributed by atoms with E-state index in [0.29, 0.717) is 6.54 Å². The van der Waals surface area contributed by atoms with Gasteiger partial charge in [-0.3, -0.25) is 0 Å². The Balaban J connectivity index is 2.39. The second-order valence-corrected chi connectivity index (χ2v) is 5.18. The molecule has 2 aromatic carbocycles. The fraction of sp³-hybridized carbons (Fsp3) is 0.375. The van der Waals surface area contributed by atoms with Crippen LogP contribution in [0.3, 0.4) is 0 Å². The fourth-order valence-corrected chi connectivity index (χ4v) is 2.38. The smallest absolute Gasteiger partial charge is 0.0643 e. The van der Waals surface area contributed by atoms with Crippen LogP contribution in [0.25, 0.3) is 10.8 Å². The summed E-state index contributed by atoms with van der Waals surface area (Å²) in [5.74, 6) is 0.222. The van der Waals surface area contributed by atoms with Gasteiger partial charge in [-0.1, -0.05) is 56.3 Å². The van der Waals surface area contributed by atoms with Gasteiger partial charge in [0.25, 0.3) is 0 Å². The highest BCUT2D eigenvalue weighted by atomic mass is 16.3. The van der Waals surface area contributed by atoms with Gasteiger partial charge in [0.05, 0.1) is 6.10 Å². The second-order valence-electron chi connectivity index (χ2n) is 5.18. The third kappa shape index (κ3) is 2.55. The maximum Gasteiger partial charge on any atom is 0.0643 e. The van der Waals surface area contributed by atoms with Crippen molar-refractivity contribution < 1.29 is 5.11 Å². The van der Waals surface area contributed by atoms with Gasteiger partial charge in [-0.25, -0.2) is 0 Å². The first-order chi connectivity index (χ1) is 8.63. The zero-order valence-corrected chi connectivity index (χ0v) is 11.0. The lowest BCUT2D eigenvalue weighted by molar-refractivity contribution is 0.0986. The summed E-state index contributed by atoms with van der Waals surface area (Å²) in [4.78, 5) is 0. The SMILES string of the molecule is CC(C)[C@H](O)[C@@H](CN)c1ccc2ccccc2c1. The van der Waals surface area contributed by atoms with Crippen LogP contribution < -0.4 is 5.73 Å². The predicted molar refractivity (Wildman–Crippen MR) is 76.6 cm³/mol. The van der Waals surface area contributed by atoms with Crippen LogP contribution in [0.15, 0.2) is 42.5 Å². The molecule has 0 aromatic heterocycles. The molecule has 0 spiro atoms. The van der Waals surface area contributed by atoms with Gasteiger partial charge in [0.2, 0.25) is 0 Å². The van der Waals surface area contributed by atoms with Crippen molar-refractivity contribution in [1.29, 1.82) is 0 Å². The number of nitrogens with two attached hydrogens (primary N) is 1. The van der Waals surface area contributed by atoms with Gasteiger partial charge in [0.15, 0.2) is 0 Å². The van der Waals surface area contributed by atoms with Crippen LogP contribution in [0.5, 0.6) is 0 Å². The molecule has 0 fully saturated rings. The highest BCUT2D eigenvalue weighted by Gasteiger charge is 2.22. The van der Waals surface area contributed by atoms with Gasteiger partial charge in [0.1, 0.15) is 0 Å². The molecule has 0 saturated heterocycles. The average Bonchev–Trinajstić information content (AvgIpc) is 2.39. The highest BCUT2D eigenvalue weighted by Crippen LogP contribution is 2.26. The monoisotopic (exact) mass is 243 g/mol. The van der Waals surface area contributed by atoms with E-state index in [1.54, 1.807) is 0 Å². The lowest BCUT2D eigenvalue weighted by Crippen LogP contribution is -2.29. The van der Waals surface area contributed by atoms with Crippen molar-refractivity contribution in [2.45, 2.75) is 25.9 Å². The van der Waals surface area contributed by atoms with Gasteiger partial charge < -0.3 is 10.8 Å². The van der Waals surface area contributed by atoms with Crippen LogP contribution in [0.1, 0.15) is 25.3 Å². The molecule has 2 heteroatoms. The Morgan fingerprint density at radius 3 is 2.33 bits per heavy atom. The Labute approximate surface area is 108 Å². The molecule has 96 valence electrons. The molecule has 0 aliphatic rings. The summed E-state index contributed by atoms with van der Waals surface area (Å²) in [6, 6.07) is 14.6. The van der Waals surface area contributed by atoms with Crippen LogP contribution in [0.4, 0.5) is 0 Å². The van der Waals surface area contributed by atoms with Crippen molar-refractivity contribution >= 4 is 10.8 Å². The number of hydrogen-bond acceptors (Lipinski definition) is 2. The number of hydrogen-bond donors (Lipinski definition) is 2. The number of fused-ring (bicyclic) bond motifs is 1. The lowest BCUT2D eigenvalue weighted by Gasteiger charge is -2.25. The second kappa shape index (κ2) is 5.51. The van der Waals surface area contributed by atoms with E-state index >= 15 is 0 Å². The van der Waals surface area contributed by atoms with E-state index in [4.69, 9.17) is 5.73 Å². The van der Waals surface area contributed by atoms with Crippen molar-refractivity contribution in [1.82, 2.24) is 0 Å². The van der Waals surface area contributed by atoms with E-state index in [0.717, 1.165) is 5.56 Å². The summed E-state index contributed by atoms with van der Waals surface area (Å²) in [5, 5.41) is 12.6. The number of rotatable bonds is 4. The first-order valence-corrected chi connectivity index (χ1v) is 6.50. The van der Waals surface area contributed by atoms with Crippen LogP contribution in [-0.4, -0.2) is 17.8 Å². The van der Waals surface area contributed by atoms with E-state index in [2.05, 4.69) is 30.3 Å². The molecule has 0 aliphatic heterocycles. The molecule has 0 aliphatic carbocycles. The zero-order valence-electron chi connectivity index (χ0n) is 11.0. The summed E-state index contributed by atoms with van der Waals surface area (Å²) < 4.78 is 0. The normalized spacial score (nSPS) is 14.9. The van der Waals surface area contributed by atoms with Crippen molar-refractivity contribution in [2.75, 3.05) is 6.54 Å². The molecule has 0 radical (unpaired) electrons. The standard InChI is InChI=1S/C16H21NO/c1-11(2)16(18)15(10-17)14-8-7-12-5-3-4-6-13(12)9-14/h3-9,11,15-16,18H,10,17H2,1-2H3/t15-,16-/m0/s1. The van der Waals surface area contributed by atoms with E-state index in [9.17, 15) is 5.11 Å². The van der Waals surface area contributed by atoms with Crippen LogP contribution in [0, 0.1) is 5.92 Å². The molecule has 0 bridgehead atoms. The topological polar surface area (TPSA) is 46.2 Å². The Bertz CT molecular complexity index is 521. The van der Waals surface area contributed by atoms with Crippen molar-refractivity contribution in [3.63, 3.8) is 0 Å². The largest absolute Gasteiger partial charge is 0.392 e. The van der Waals surface area contributed by atoms with Crippen molar-refractivity contribution in [2.24, 2.45) is 11.7 Å². The molecule has 2 atom stereocenters. The van der Waals surface area contributed by atoms with E-state index in [1.165, 1.54) is 10.8 Å². The Morgan fingerprint density at radius 1 is 1.06 bits per heavy atom. The minimum Gasteiger partial charge on any atom is -0.392 e. The molecular weight excluding hydrogens is 222 g/mol. The molecule has 0 unspecified atom stereocenters. The molecule has 18 heavy (non-hydrogen) atoms. The number of benzene rings is 2. The first-order valence-electron chi connectivity index (χ1n) is 6.50. The summed E-state index contributed by atoms with van der Waals surface area (Å²) >= 11 is 0. The van der Waals surface area contributed by atoms with Crippen LogP contribution >= 0.6 is 0 Å². The van der Waals surface area contributed by atoms with Gasteiger partial charge in [0, 0.05) is 12.5 Å². The van der Waals surface area contributed by atoms with Gasteiger partial charge in [-0.05, 0) is 22.3 Å². The van der Waals surface area contributed by atoms with Gasteiger partial charge >= 0.3 is 0 Å². The fourth-order valence-electron chi connectivity index (χ4n) is 2.38. The zero-order chi connectivity index (χ0) is 13.1. The Kier molecular flexibility index (Phi) is 4.00. The predicted octanol–water partition coefficient (Wildman–Crippen LogP) is 2.90. The molecule has 0 saturated carbocycles. The van der Waals surface area contributed by atoms with Crippen molar-refractivity contribution in [3.8, 4) is 0 Å². The third-order valence-electron chi connectivity index (χ3n) is 3.55. The molecule has 2 nitrogen and oxygen atoms in total. The van der Waals surface area contributed by atoms with Gasteiger partial charge in [-0.15, -0.1) is 0 Å². The highest BCUT2D eigenvalue weighted by molar-refractivity contribution is 5.83. The molecule has 2 aromatic rings. The Morgan fingerprint density at radius 2 is 1.72 bits per heavy atom. The first kappa shape index (κ1) is 13.1. The summed E-state index contributed by atoms with van der Waals surface area (Å²) in [7, 11) is 0. The number of aliphatic hydroxyl groups excluding tert-OH is 1. The quantitative estimate of drug-likeness (QED) is 0.867. The summed E-state index contributed by atoms with van der Waals surface area (Å²) in [6.07, 6.45) is -0.392. The lowest BCUT2D eigenvalue weighted by atomic mass is 9.86. The van der Waals surface area contributed by atoms with E-state index in [1.807, 2.05) is 26.0 Å². The summed E-state index contributed by atoms with van der Waals surface area (Å²) in [5.41, 5.74) is 6.95. The van der Waals surface area contributed by atoms with E-state index < -0.39 is 6.10 Å². The van der Waals surface area contributed by atoms with E-state index in [-0.39, 0.29) is 11.8 Å².